The second-order valence-corrected chi connectivity index (χ2v) is 11.1. The molecule has 0 atom stereocenters. The summed E-state index contributed by atoms with van der Waals surface area (Å²) in [7, 11) is -1.58. The number of H-pyrrole nitrogens is 1. The number of hydrogen-bond acceptors (Lipinski definition) is 5. The van der Waals surface area contributed by atoms with Gasteiger partial charge in [-0.25, -0.2) is 22.1 Å². The Labute approximate surface area is 203 Å². The first kappa shape index (κ1) is 23.5. The minimum absolute atomic E-state index is 0.126. The molecule has 0 radical (unpaired) electrons. The number of nitrogens with one attached hydrogen (secondary N) is 1. The van der Waals surface area contributed by atoms with Crippen LogP contribution < -0.4 is 4.74 Å². The smallest absolute Gasteiger partial charge is 0.213 e. The van der Waals surface area contributed by atoms with Gasteiger partial charge in [-0.05, 0) is 50.5 Å². The Kier molecular flexibility index (Phi) is 6.10. The van der Waals surface area contributed by atoms with Gasteiger partial charge in [0.1, 0.15) is 17.2 Å². The van der Waals surface area contributed by atoms with E-state index in [9.17, 15) is 12.8 Å². The molecule has 184 valence electrons. The van der Waals surface area contributed by atoms with Gasteiger partial charge in [0, 0.05) is 59.3 Å². The molecule has 35 heavy (non-hydrogen) atoms. The number of hydrogen-bond donors (Lipinski definition) is 1. The van der Waals surface area contributed by atoms with Crippen LogP contribution in [0.3, 0.4) is 0 Å². The number of halogens is 1. The van der Waals surface area contributed by atoms with Crippen LogP contribution >= 0.6 is 0 Å². The van der Waals surface area contributed by atoms with E-state index in [1.807, 2.05) is 30.1 Å². The zero-order valence-electron chi connectivity index (χ0n) is 20.0. The lowest BCUT2D eigenvalue weighted by Gasteiger charge is -2.31. The first-order chi connectivity index (χ1) is 16.8. The highest BCUT2D eigenvalue weighted by atomic mass is 32.2. The van der Waals surface area contributed by atoms with E-state index >= 15 is 0 Å². The number of nitrogens with zero attached hydrogens (tertiary/aromatic N) is 4. The number of fused-ring (bicyclic) bond motifs is 1. The summed E-state index contributed by atoms with van der Waals surface area (Å²) in [5.74, 6) is 0.430. The number of aromatic amines is 1. The maximum atomic E-state index is 14.2. The zero-order chi connectivity index (χ0) is 24.7. The van der Waals surface area contributed by atoms with E-state index < -0.39 is 10.0 Å². The molecular formula is C25H28FN5O3S. The van der Waals surface area contributed by atoms with Gasteiger partial charge in [0.05, 0.1) is 25.1 Å². The molecule has 4 aromatic rings. The van der Waals surface area contributed by atoms with Crippen molar-refractivity contribution >= 4 is 21.1 Å². The van der Waals surface area contributed by atoms with Crippen molar-refractivity contribution in [2.24, 2.45) is 0 Å². The van der Waals surface area contributed by atoms with Crippen molar-refractivity contribution in [2.45, 2.75) is 32.7 Å². The Morgan fingerprint density at radius 3 is 2.63 bits per heavy atom. The molecule has 0 unspecified atom stereocenters. The predicted octanol–water partition coefficient (Wildman–Crippen LogP) is 4.54. The van der Waals surface area contributed by atoms with Gasteiger partial charge in [-0.1, -0.05) is 0 Å². The molecule has 0 spiro atoms. The normalized spacial score (nSPS) is 15.7. The Morgan fingerprint density at radius 1 is 1.14 bits per heavy atom. The van der Waals surface area contributed by atoms with Gasteiger partial charge in [0.15, 0.2) is 0 Å². The van der Waals surface area contributed by atoms with Crippen LogP contribution in [0.1, 0.15) is 31.4 Å². The minimum Gasteiger partial charge on any atom is -0.496 e. The highest BCUT2D eigenvalue weighted by molar-refractivity contribution is 7.89. The summed E-state index contributed by atoms with van der Waals surface area (Å²) in [6, 6.07) is 5.10. The Bertz CT molecular complexity index is 1490. The van der Waals surface area contributed by atoms with Gasteiger partial charge in [-0.15, -0.1) is 0 Å². The fraction of sp³-hybridized carbons (Fsp3) is 0.360. The van der Waals surface area contributed by atoms with E-state index in [1.54, 1.807) is 30.7 Å². The maximum Gasteiger partial charge on any atom is 0.213 e. The molecule has 1 N–H and O–H groups in total. The third-order valence-corrected chi connectivity index (χ3v) is 8.64. The van der Waals surface area contributed by atoms with Gasteiger partial charge >= 0.3 is 0 Å². The molecule has 1 aliphatic heterocycles. The van der Waals surface area contributed by atoms with Gasteiger partial charge < -0.3 is 9.72 Å². The molecule has 3 aromatic heterocycles. The molecule has 8 nitrogen and oxygen atoms in total. The average molecular weight is 498 g/mol. The third kappa shape index (κ3) is 4.32. The van der Waals surface area contributed by atoms with Crippen LogP contribution in [-0.2, 0) is 10.0 Å². The lowest BCUT2D eigenvalue weighted by Crippen LogP contribution is -2.39. The first-order valence-corrected chi connectivity index (χ1v) is 13.3. The molecule has 0 saturated carbocycles. The van der Waals surface area contributed by atoms with Crippen LogP contribution in [0, 0.1) is 12.7 Å². The van der Waals surface area contributed by atoms with Gasteiger partial charge in [-0.3, -0.25) is 4.68 Å². The quantitative estimate of drug-likeness (QED) is 0.422. The molecule has 10 heteroatoms. The van der Waals surface area contributed by atoms with Crippen LogP contribution in [0.25, 0.3) is 33.3 Å². The van der Waals surface area contributed by atoms with Crippen LogP contribution in [0.2, 0.25) is 0 Å². The summed E-state index contributed by atoms with van der Waals surface area (Å²) >= 11 is 0. The number of piperidine rings is 1. The first-order valence-electron chi connectivity index (χ1n) is 11.6. The van der Waals surface area contributed by atoms with Crippen molar-refractivity contribution in [1.29, 1.82) is 0 Å². The van der Waals surface area contributed by atoms with Crippen molar-refractivity contribution in [3.8, 4) is 28.0 Å². The number of pyridine rings is 1. The van der Waals surface area contributed by atoms with Crippen molar-refractivity contribution in [3.05, 3.63) is 54.4 Å². The Hall–Kier alpha value is -3.24. The van der Waals surface area contributed by atoms with Crippen molar-refractivity contribution in [1.82, 2.24) is 24.1 Å². The number of sulfonamides is 1. The third-order valence-electron chi connectivity index (χ3n) is 6.76. The molecule has 1 saturated heterocycles. The average Bonchev–Trinajstić information content (AvgIpc) is 3.51. The van der Waals surface area contributed by atoms with E-state index in [4.69, 9.17) is 4.74 Å². The molecule has 4 heterocycles. The van der Waals surface area contributed by atoms with Gasteiger partial charge in [-0.2, -0.15) is 5.10 Å². The van der Waals surface area contributed by atoms with Crippen molar-refractivity contribution < 1.29 is 17.5 Å². The van der Waals surface area contributed by atoms with Crippen LogP contribution in [0.4, 0.5) is 4.39 Å². The number of methoxy groups -OCH3 is 1. The number of aromatic nitrogens is 4. The van der Waals surface area contributed by atoms with Crippen LogP contribution in [0.15, 0.2) is 43.0 Å². The van der Waals surface area contributed by atoms with Crippen LogP contribution in [0.5, 0.6) is 5.75 Å². The summed E-state index contributed by atoms with van der Waals surface area (Å²) < 4.78 is 47.6. The summed E-state index contributed by atoms with van der Waals surface area (Å²) in [4.78, 5) is 7.74. The highest BCUT2D eigenvalue weighted by Gasteiger charge is 2.28. The molecule has 1 aromatic carbocycles. The van der Waals surface area contributed by atoms with E-state index in [2.05, 4.69) is 15.1 Å². The molecule has 5 rings (SSSR count). The highest BCUT2D eigenvalue weighted by Crippen LogP contribution is 2.38. The minimum atomic E-state index is -3.16. The number of rotatable bonds is 6. The molecule has 0 amide bonds. The molecular weight excluding hydrogens is 469 g/mol. The Morgan fingerprint density at radius 2 is 1.91 bits per heavy atom. The lowest BCUT2D eigenvalue weighted by atomic mass is 10.0. The number of benzene rings is 1. The summed E-state index contributed by atoms with van der Waals surface area (Å²) in [5, 5.41) is 5.42. The fourth-order valence-electron chi connectivity index (χ4n) is 4.84. The van der Waals surface area contributed by atoms with Gasteiger partial charge in [0.25, 0.3) is 0 Å². The van der Waals surface area contributed by atoms with Crippen molar-refractivity contribution in [2.75, 3.05) is 26.0 Å². The SMILES string of the molecule is CCS(=O)(=O)N1CCC(n2cc(-c3cnc4[nH]cc(-c5cc(F)cc(C)c5OC)c4c3)cn2)CC1. The molecule has 0 aliphatic carbocycles. The second-order valence-electron chi connectivity index (χ2n) is 8.87. The van der Waals surface area contributed by atoms with E-state index in [0.29, 0.717) is 30.0 Å². The van der Waals surface area contributed by atoms with Gasteiger partial charge in [0.2, 0.25) is 10.0 Å². The molecule has 1 aliphatic rings. The Balaban J connectivity index is 1.44. The number of aryl methyl sites for hydroxylation is 1. The monoisotopic (exact) mass is 497 g/mol. The molecule has 1 fully saturated rings. The van der Waals surface area contributed by atoms with E-state index in [-0.39, 0.29) is 17.6 Å². The zero-order valence-corrected chi connectivity index (χ0v) is 20.8. The second kappa shape index (κ2) is 9.09. The standard InChI is InChI=1S/C25H28FN5O3S/c1-4-35(32,33)30-7-5-20(6-8-30)31-15-18(13-29-31)17-10-22-23(14-28-25(22)27-12-17)21-11-19(26)9-16(2)24(21)34-3/h9-15,20H,4-8H2,1-3H3,(H,27,28). The summed E-state index contributed by atoms with van der Waals surface area (Å²) in [6.07, 6.45) is 8.83. The fourth-order valence-corrected chi connectivity index (χ4v) is 5.97. The molecule has 0 bridgehead atoms. The maximum absolute atomic E-state index is 14.2. The summed E-state index contributed by atoms with van der Waals surface area (Å²) in [6.45, 7) is 4.50. The lowest BCUT2D eigenvalue weighted by molar-refractivity contribution is 0.261. The van der Waals surface area contributed by atoms with E-state index in [1.165, 1.54) is 12.1 Å². The largest absolute Gasteiger partial charge is 0.496 e. The van der Waals surface area contributed by atoms with E-state index in [0.717, 1.165) is 40.5 Å². The summed E-state index contributed by atoms with van der Waals surface area (Å²) in [5.41, 5.74) is 4.70. The predicted molar refractivity (Wildman–Crippen MR) is 133 cm³/mol. The number of ether oxygens (including phenoxy) is 1. The van der Waals surface area contributed by atoms with Crippen molar-refractivity contribution in [3.63, 3.8) is 0 Å². The van der Waals surface area contributed by atoms with Crippen LogP contribution in [-0.4, -0.2) is 58.4 Å². The topological polar surface area (TPSA) is 93.1 Å².